The van der Waals surface area contributed by atoms with Crippen LogP contribution in [0.15, 0.2) is 48.5 Å². The molecule has 2 aromatic carbocycles. The fourth-order valence-corrected chi connectivity index (χ4v) is 2.26. The third-order valence-corrected chi connectivity index (χ3v) is 3.59. The predicted octanol–water partition coefficient (Wildman–Crippen LogP) is 3.08. The number of nitro benzene ring substituents is 1. The number of H-pyrrole nitrogens is 1. The highest BCUT2D eigenvalue weighted by Crippen LogP contribution is 2.23. The summed E-state index contributed by atoms with van der Waals surface area (Å²) in [5.41, 5.74) is 7.51. The van der Waals surface area contributed by atoms with E-state index in [9.17, 15) is 10.1 Å². The lowest BCUT2D eigenvalue weighted by Crippen LogP contribution is -2.13. The summed E-state index contributed by atoms with van der Waals surface area (Å²) in [4.78, 5) is 14.7. The second-order valence-corrected chi connectivity index (χ2v) is 5.32. The number of aromatic amines is 1. The summed E-state index contributed by atoms with van der Waals surface area (Å²) in [6.45, 7) is 0. The molecule has 7 nitrogen and oxygen atoms in total. The first-order valence-corrected chi connectivity index (χ1v) is 7.10. The molecule has 1 heterocycles. The molecule has 3 N–H and O–H groups in total. The summed E-state index contributed by atoms with van der Waals surface area (Å²) in [6, 6.07) is 12.7. The molecule has 0 amide bonds. The van der Waals surface area contributed by atoms with E-state index in [1.807, 2.05) is 12.1 Å². The van der Waals surface area contributed by atoms with Gasteiger partial charge in [0.25, 0.3) is 5.69 Å². The van der Waals surface area contributed by atoms with Crippen molar-refractivity contribution in [1.29, 1.82) is 0 Å². The van der Waals surface area contributed by atoms with Crippen molar-refractivity contribution in [3.8, 4) is 11.4 Å². The van der Waals surface area contributed by atoms with Gasteiger partial charge in [-0.3, -0.25) is 15.2 Å². The van der Waals surface area contributed by atoms with Crippen LogP contribution in [-0.4, -0.2) is 20.1 Å². The summed E-state index contributed by atoms with van der Waals surface area (Å²) in [5, 5.41) is 18.3. The van der Waals surface area contributed by atoms with Gasteiger partial charge in [-0.05, 0) is 17.7 Å². The summed E-state index contributed by atoms with van der Waals surface area (Å²) in [5.74, 6) is 0.821. The Morgan fingerprint density at radius 3 is 2.65 bits per heavy atom. The van der Waals surface area contributed by atoms with Crippen LogP contribution in [0.5, 0.6) is 0 Å². The highest BCUT2D eigenvalue weighted by molar-refractivity contribution is 6.30. The fourth-order valence-electron chi connectivity index (χ4n) is 2.13. The Morgan fingerprint density at radius 2 is 1.96 bits per heavy atom. The molecule has 0 aliphatic heterocycles. The van der Waals surface area contributed by atoms with E-state index in [1.54, 1.807) is 24.3 Å². The maximum absolute atomic E-state index is 10.8. The van der Waals surface area contributed by atoms with Crippen molar-refractivity contribution in [2.45, 2.75) is 6.04 Å². The number of halogens is 1. The molecule has 0 saturated carbocycles. The van der Waals surface area contributed by atoms with Crippen molar-refractivity contribution in [2.75, 3.05) is 0 Å². The number of non-ortho nitro benzene ring substituents is 1. The number of nitrogens with zero attached hydrogens (tertiary/aromatic N) is 3. The fraction of sp³-hybridized carbons (Fsp3) is 0.0667. The van der Waals surface area contributed by atoms with Crippen LogP contribution in [0.4, 0.5) is 5.69 Å². The molecule has 0 spiro atoms. The van der Waals surface area contributed by atoms with E-state index in [4.69, 9.17) is 17.3 Å². The first-order valence-electron chi connectivity index (χ1n) is 6.73. The Hall–Kier alpha value is -2.77. The molecule has 0 radical (unpaired) electrons. The zero-order valence-corrected chi connectivity index (χ0v) is 12.6. The van der Waals surface area contributed by atoms with Gasteiger partial charge < -0.3 is 5.73 Å². The van der Waals surface area contributed by atoms with Gasteiger partial charge >= 0.3 is 0 Å². The zero-order chi connectivity index (χ0) is 16.4. The van der Waals surface area contributed by atoms with Crippen molar-refractivity contribution < 1.29 is 4.92 Å². The van der Waals surface area contributed by atoms with Gasteiger partial charge in [0.1, 0.15) is 5.82 Å². The molecule has 23 heavy (non-hydrogen) atoms. The van der Waals surface area contributed by atoms with Gasteiger partial charge in [-0.15, -0.1) is 0 Å². The molecule has 3 rings (SSSR count). The van der Waals surface area contributed by atoms with Crippen LogP contribution in [0.25, 0.3) is 11.4 Å². The van der Waals surface area contributed by atoms with Crippen molar-refractivity contribution in [3.63, 3.8) is 0 Å². The van der Waals surface area contributed by atoms with E-state index in [2.05, 4.69) is 15.2 Å². The average molecular weight is 330 g/mol. The minimum atomic E-state index is -0.493. The van der Waals surface area contributed by atoms with Crippen LogP contribution >= 0.6 is 11.6 Å². The molecule has 8 heteroatoms. The largest absolute Gasteiger partial charge is 0.318 e. The number of nitrogens with two attached hydrogens (primary N) is 1. The molecule has 0 aliphatic rings. The minimum Gasteiger partial charge on any atom is -0.318 e. The van der Waals surface area contributed by atoms with E-state index in [-0.39, 0.29) is 5.69 Å². The van der Waals surface area contributed by atoms with Crippen molar-refractivity contribution >= 4 is 17.3 Å². The van der Waals surface area contributed by atoms with Crippen LogP contribution in [0.1, 0.15) is 17.4 Å². The molecule has 3 aromatic rings. The van der Waals surface area contributed by atoms with Crippen molar-refractivity contribution in [2.24, 2.45) is 5.73 Å². The van der Waals surface area contributed by atoms with Crippen LogP contribution in [0, 0.1) is 10.1 Å². The third-order valence-electron chi connectivity index (χ3n) is 3.34. The molecule has 0 fully saturated rings. The van der Waals surface area contributed by atoms with Gasteiger partial charge in [-0.1, -0.05) is 35.9 Å². The van der Waals surface area contributed by atoms with Gasteiger partial charge in [-0.25, -0.2) is 4.98 Å². The van der Waals surface area contributed by atoms with Crippen LogP contribution in [-0.2, 0) is 0 Å². The lowest BCUT2D eigenvalue weighted by molar-refractivity contribution is -0.384. The Morgan fingerprint density at radius 1 is 1.22 bits per heavy atom. The predicted molar refractivity (Wildman–Crippen MR) is 86.0 cm³/mol. The zero-order valence-electron chi connectivity index (χ0n) is 11.8. The summed E-state index contributed by atoms with van der Waals surface area (Å²) < 4.78 is 0. The molecule has 0 bridgehead atoms. The molecule has 116 valence electrons. The Kier molecular flexibility index (Phi) is 4.05. The third kappa shape index (κ3) is 3.20. The number of nitro groups is 1. The van der Waals surface area contributed by atoms with E-state index in [1.165, 1.54) is 12.1 Å². The number of benzene rings is 2. The SMILES string of the molecule is N[C@@H](c1ccc(Cl)cc1)c1nc(-c2cccc([N+](=O)[O-])c2)n[nH]1. The van der Waals surface area contributed by atoms with Crippen molar-refractivity contribution in [1.82, 2.24) is 15.2 Å². The molecule has 0 saturated heterocycles. The van der Waals surface area contributed by atoms with Crippen molar-refractivity contribution in [3.05, 3.63) is 75.1 Å². The Bertz CT molecular complexity index is 847. The quantitative estimate of drug-likeness (QED) is 0.564. The summed E-state index contributed by atoms with van der Waals surface area (Å²) in [7, 11) is 0. The minimum absolute atomic E-state index is 0.0177. The second kappa shape index (κ2) is 6.15. The Balaban J connectivity index is 1.89. The number of hydrogen-bond acceptors (Lipinski definition) is 5. The van der Waals surface area contributed by atoms with Gasteiger partial charge in [0.05, 0.1) is 11.0 Å². The molecule has 0 unspecified atom stereocenters. The first kappa shape index (κ1) is 15.1. The average Bonchev–Trinajstić information content (AvgIpc) is 3.05. The maximum Gasteiger partial charge on any atom is 0.270 e. The summed E-state index contributed by atoms with van der Waals surface area (Å²) >= 11 is 5.86. The Labute approximate surface area is 136 Å². The number of hydrogen-bond donors (Lipinski definition) is 2. The van der Waals surface area contributed by atoms with Gasteiger partial charge in [0, 0.05) is 22.7 Å². The van der Waals surface area contributed by atoms with Crippen LogP contribution < -0.4 is 5.73 Å². The second-order valence-electron chi connectivity index (χ2n) is 4.88. The first-order chi connectivity index (χ1) is 11.0. The molecule has 1 atom stereocenters. The smallest absolute Gasteiger partial charge is 0.270 e. The van der Waals surface area contributed by atoms with E-state index < -0.39 is 11.0 Å². The molecular formula is C15H12ClN5O2. The van der Waals surface area contributed by atoms with Gasteiger partial charge in [0.2, 0.25) is 0 Å². The van der Waals surface area contributed by atoms with Crippen LogP contribution in [0.3, 0.4) is 0 Å². The van der Waals surface area contributed by atoms with E-state index in [0.717, 1.165) is 5.56 Å². The van der Waals surface area contributed by atoms with E-state index in [0.29, 0.717) is 22.2 Å². The van der Waals surface area contributed by atoms with Gasteiger partial charge in [-0.2, -0.15) is 5.10 Å². The monoisotopic (exact) mass is 329 g/mol. The lowest BCUT2D eigenvalue weighted by atomic mass is 10.1. The number of nitrogens with one attached hydrogen (secondary N) is 1. The normalized spacial score (nSPS) is 12.1. The molecule has 0 aliphatic carbocycles. The standard InChI is InChI=1S/C15H12ClN5O2/c16-11-6-4-9(5-7-11)13(17)15-18-14(19-20-15)10-2-1-3-12(8-10)21(22)23/h1-8,13H,17H2,(H,18,19,20)/t13-/m0/s1. The lowest BCUT2D eigenvalue weighted by Gasteiger charge is -2.08. The highest BCUT2D eigenvalue weighted by atomic mass is 35.5. The maximum atomic E-state index is 10.8. The number of aromatic nitrogens is 3. The molecule has 1 aromatic heterocycles. The van der Waals surface area contributed by atoms with E-state index >= 15 is 0 Å². The topological polar surface area (TPSA) is 111 Å². The highest BCUT2D eigenvalue weighted by Gasteiger charge is 2.16. The number of rotatable bonds is 4. The summed E-state index contributed by atoms with van der Waals surface area (Å²) in [6.07, 6.45) is 0. The van der Waals surface area contributed by atoms with Gasteiger partial charge in [0.15, 0.2) is 5.82 Å². The molecular weight excluding hydrogens is 318 g/mol. The van der Waals surface area contributed by atoms with Crippen LogP contribution in [0.2, 0.25) is 5.02 Å².